The van der Waals surface area contributed by atoms with Gasteiger partial charge in [-0.15, -0.1) is 10.1 Å². The van der Waals surface area contributed by atoms with E-state index >= 15 is 0 Å². The summed E-state index contributed by atoms with van der Waals surface area (Å²) in [5.74, 6) is 0.102. The van der Waals surface area contributed by atoms with Gasteiger partial charge in [0, 0.05) is 30.3 Å². The van der Waals surface area contributed by atoms with Crippen LogP contribution in [-0.2, 0) is 6.54 Å². The highest BCUT2D eigenvalue weighted by Gasteiger charge is 2.14. The van der Waals surface area contributed by atoms with Crippen LogP contribution < -0.4 is 11.1 Å². The van der Waals surface area contributed by atoms with E-state index in [1.165, 1.54) is 0 Å². The quantitative estimate of drug-likeness (QED) is 0.245. The first-order valence-corrected chi connectivity index (χ1v) is 5.72. The number of benzene rings is 1. The van der Waals surface area contributed by atoms with Gasteiger partial charge in [-0.05, 0) is 23.8 Å². The molecule has 0 fully saturated rings. The lowest BCUT2D eigenvalue weighted by Gasteiger charge is -2.19. The van der Waals surface area contributed by atoms with Crippen LogP contribution in [0.2, 0.25) is 5.02 Å². The number of halogens is 1. The van der Waals surface area contributed by atoms with E-state index in [1.54, 1.807) is 0 Å². The van der Waals surface area contributed by atoms with Crippen molar-refractivity contribution in [1.29, 1.82) is 5.41 Å². The van der Waals surface area contributed by atoms with Crippen molar-refractivity contribution >= 4 is 23.2 Å². The van der Waals surface area contributed by atoms with Crippen LogP contribution in [0.4, 0.5) is 5.69 Å². The highest BCUT2D eigenvalue weighted by Crippen LogP contribution is 2.23. The van der Waals surface area contributed by atoms with E-state index < -0.39 is 5.09 Å². The molecule has 0 bridgehead atoms. The minimum atomic E-state index is -1.50. The zero-order chi connectivity index (χ0) is 14.4. The summed E-state index contributed by atoms with van der Waals surface area (Å²) in [5, 5.41) is 25.1. The number of rotatable bonds is 0. The lowest BCUT2D eigenvalue weighted by atomic mass is 10.2. The summed E-state index contributed by atoms with van der Waals surface area (Å²) in [5.41, 5.74) is 7.63. The number of nitrogens with zero attached hydrogens (tertiary/aromatic N) is 2. The van der Waals surface area contributed by atoms with Crippen molar-refractivity contribution < 1.29 is 10.3 Å². The molecule has 0 aliphatic carbocycles. The Bertz CT molecular complexity index is 478. The molecule has 0 amide bonds. The molecule has 19 heavy (non-hydrogen) atoms. The van der Waals surface area contributed by atoms with E-state index in [2.05, 4.69) is 5.32 Å². The highest BCUT2D eigenvalue weighted by atomic mass is 35.5. The fourth-order valence-corrected chi connectivity index (χ4v) is 1.88. The van der Waals surface area contributed by atoms with Crippen molar-refractivity contribution in [3.63, 3.8) is 0 Å². The van der Waals surface area contributed by atoms with Crippen molar-refractivity contribution in [3.05, 3.63) is 38.9 Å². The summed E-state index contributed by atoms with van der Waals surface area (Å²) >= 11 is 5.93. The molecule has 0 saturated carbocycles. The van der Waals surface area contributed by atoms with Crippen LogP contribution in [0, 0.1) is 15.5 Å². The van der Waals surface area contributed by atoms with Crippen LogP contribution >= 0.6 is 11.6 Å². The van der Waals surface area contributed by atoms with Crippen LogP contribution in [0.5, 0.6) is 0 Å². The van der Waals surface area contributed by atoms with Gasteiger partial charge in [0.05, 0.1) is 0 Å². The summed E-state index contributed by atoms with van der Waals surface area (Å²) in [7, 11) is 0. The monoisotopic (exact) mass is 287 g/mol. The summed E-state index contributed by atoms with van der Waals surface area (Å²) in [6.45, 7) is 2.16. The maximum absolute atomic E-state index is 8.36. The fraction of sp³-hybridized carbons (Fsp3) is 0.300. The molecule has 0 radical (unpaired) electrons. The molecule has 0 saturated heterocycles. The van der Waals surface area contributed by atoms with E-state index in [9.17, 15) is 0 Å². The third kappa shape index (κ3) is 4.88. The lowest BCUT2D eigenvalue weighted by molar-refractivity contribution is -0.742. The van der Waals surface area contributed by atoms with Crippen molar-refractivity contribution in [3.8, 4) is 0 Å². The minimum Gasteiger partial charge on any atom is -0.383 e. The standard InChI is InChI=1S/C10H13ClN4.HNO3/c11-8-1-2-9-7(5-8)6-15(10(12)13)4-3-14-9;2-1(3)4/h1-2,5,14H,3-4,6H2,(H3,12,13);(H,2,3,4). The highest BCUT2D eigenvalue weighted by molar-refractivity contribution is 6.30. The molecule has 1 aliphatic rings. The normalized spacial score (nSPS) is 13.2. The Hall–Kier alpha value is -2.22. The predicted octanol–water partition coefficient (Wildman–Crippen LogP) is 1.11. The first-order chi connectivity index (χ1) is 8.90. The van der Waals surface area contributed by atoms with Crippen molar-refractivity contribution in [2.24, 2.45) is 5.73 Å². The predicted molar refractivity (Wildman–Crippen MR) is 71.0 cm³/mol. The van der Waals surface area contributed by atoms with Crippen molar-refractivity contribution in [1.82, 2.24) is 4.90 Å². The molecule has 0 unspecified atom stereocenters. The number of anilines is 1. The van der Waals surface area contributed by atoms with Gasteiger partial charge < -0.3 is 21.2 Å². The minimum absolute atomic E-state index is 0.102. The van der Waals surface area contributed by atoms with Crippen molar-refractivity contribution in [2.45, 2.75) is 6.54 Å². The third-order valence-electron chi connectivity index (χ3n) is 2.47. The number of nitrogens with one attached hydrogen (secondary N) is 2. The zero-order valence-electron chi connectivity index (χ0n) is 9.97. The van der Waals surface area contributed by atoms with Gasteiger partial charge in [-0.2, -0.15) is 0 Å². The Kier molecular flexibility index (Phi) is 5.19. The average Bonchev–Trinajstić information content (AvgIpc) is 2.49. The number of fused-ring (bicyclic) bond motifs is 1. The number of hydrogen-bond donors (Lipinski definition) is 4. The molecule has 9 heteroatoms. The van der Waals surface area contributed by atoms with Gasteiger partial charge in [-0.1, -0.05) is 11.6 Å². The number of hydrogen-bond acceptors (Lipinski definition) is 4. The second-order valence-electron chi connectivity index (χ2n) is 3.77. The molecule has 1 aliphatic heterocycles. The number of nitrogens with two attached hydrogens (primary N) is 1. The molecular weight excluding hydrogens is 274 g/mol. The van der Waals surface area contributed by atoms with Crippen LogP contribution in [0.15, 0.2) is 18.2 Å². The topological polar surface area (TPSA) is 129 Å². The van der Waals surface area contributed by atoms with E-state index in [1.807, 2.05) is 23.1 Å². The van der Waals surface area contributed by atoms with Gasteiger partial charge in [0.2, 0.25) is 0 Å². The molecule has 5 N–H and O–H groups in total. The van der Waals surface area contributed by atoms with Gasteiger partial charge >= 0.3 is 0 Å². The largest absolute Gasteiger partial charge is 0.383 e. The smallest absolute Gasteiger partial charge is 0.291 e. The van der Waals surface area contributed by atoms with Gasteiger partial charge in [0.1, 0.15) is 0 Å². The summed E-state index contributed by atoms with van der Waals surface area (Å²) < 4.78 is 0. The Morgan fingerprint density at radius 1 is 1.63 bits per heavy atom. The Morgan fingerprint density at radius 3 is 2.84 bits per heavy atom. The van der Waals surface area contributed by atoms with Crippen LogP contribution in [0.1, 0.15) is 5.56 Å². The van der Waals surface area contributed by atoms with Crippen LogP contribution in [-0.4, -0.2) is 34.2 Å². The molecule has 0 spiro atoms. The Labute approximate surface area is 114 Å². The summed E-state index contributed by atoms with van der Waals surface area (Å²) in [6, 6.07) is 5.73. The lowest BCUT2D eigenvalue weighted by Crippen LogP contribution is -2.37. The molecule has 0 atom stereocenters. The molecular formula is C10H14ClN5O3. The first-order valence-electron chi connectivity index (χ1n) is 5.34. The van der Waals surface area contributed by atoms with E-state index in [0.717, 1.165) is 24.3 Å². The molecule has 104 valence electrons. The fourth-order valence-electron chi connectivity index (χ4n) is 1.68. The molecule has 1 heterocycles. The second-order valence-corrected chi connectivity index (χ2v) is 4.21. The number of guanidine groups is 1. The SMILES string of the molecule is N=C(N)N1CCNc2ccc(Cl)cc2C1.O=[N+]([O-])O. The van der Waals surface area contributed by atoms with Gasteiger partial charge in [0.25, 0.3) is 5.09 Å². The van der Waals surface area contributed by atoms with Crippen molar-refractivity contribution in [2.75, 3.05) is 18.4 Å². The first kappa shape index (κ1) is 14.8. The van der Waals surface area contributed by atoms with Gasteiger partial charge in [-0.3, -0.25) is 5.41 Å². The second kappa shape index (κ2) is 6.64. The van der Waals surface area contributed by atoms with Crippen LogP contribution in [0.3, 0.4) is 0 Å². The van der Waals surface area contributed by atoms with Gasteiger partial charge in [-0.25, -0.2) is 0 Å². The average molecular weight is 288 g/mol. The van der Waals surface area contributed by atoms with E-state index in [-0.39, 0.29) is 5.96 Å². The van der Waals surface area contributed by atoms with Crippen LogP contribution in [0.25, 0.3) is 0 Å². The molecule has 1 aromatic rings. The zero-order valence-corrected chi connectivity index (χ0v) is 10.7. The van der Waals surface area contributed by atoms with E-state index in [4.69, 9.17) is 38.1 Å². The summed E-state index contributed by atoms with van der Waals surface area (Å²) in [4.78, 5) is 10.2. The molecule has 2 rings (SSSR count). The van der Waals surface area contributed by atoms with E-state index in [0.29, 0.717) is 11.6 Å². The Balaban J connectivity index is 0.000000399. The third-order valence-corrected chi connectivity index (χ3v) is 2.70. The molecule has 1 aromatic carbocycles. The molecule has 0 aromatic heterocycles. The molecule has 8 nitrogen and oxygen atoms in total. The van der Waals surface area contributed by atoms with Gasteiger partial charge in [0.15, 0.2) is 5.96 Å². The maximum Gasteiger partial charge on any atom is 0.291 e. The summed E-state index contributed by atoms with van der Waals surface area (Å²) in [6.07, 6.45) is 0. The maximum atomic E-state index is 8.36. The Morgan fingerprint density at radius 2 is 2.26 bits per heavy atom.